The lowest BCUT2D eigenvalue weighted by atomic mass is 9.50. The van der Waals surface area contributed by atoms with Gasteiger partial charge in [0.2, 0.25) is 0 Å². The number of aromatic nitrogens is 7. The van der Waals surface area contributed by atoms with E-state index in [1.807, 2.05) is 17.1 Å². The molecule has 0 radical (unpaired) electrons. The van der Waals surface area contributed by atoms with Crippen molar-refractivity contribution < 1.29 is 23.5 Å². The summed E-state index contributed by atoms with van der Waals surface area (Å²) in [5, 5.41) is 10.3. The molecule has 9 rings (SSSR count). The van der Waals surface area contributed by atoms with Gasteiger partial charge in [-0.2, -0.15) is 5.10 Å². The number of hydrogen-bond acceptors (Lipinski definition) is 12. The molecule has 2 N–H and O–H groups in total. The van der Waals surface area contributed by atoms with Crippen molar-refractivity contribution in [2.24, 2.45) is 5.92 Å². The number of likely N-dealkylation sites (tertiary alicyclic amines) is 1. The zero-order valence-corrected chi connectivity index (χ0v) is 24.8. The third-order valence-corrected chi connectivity index (χ3v) is 9.83. The van der Waals surface area contributed by atoms with Crippen LogP contribution in [0.4, 0.5) is 10.6 Å². The Morgan fingerprint density at radius 2 is 1.75 bits per heavy atom. The maximum atomic E-state index is 12.5. The number of nitrogens with two attached hydrogens (primary N) is 1. The summed E-state index contributed by atoms with van der Waals surface area (Å²) in [6.45, 7) is 1.21. The van der Waals surface area contributed by atoms with Crippen LogP contribution in [-0.2, 0) is 19.7 Å². The van der Waals surface area contributed by atoms with Crippen molar-refractivity contribution in [2.75, 3.05) is 39.6 Å². The molecule has 0 atom stereocenters. The van der Waals surface area contributed by atoms with E-state index in [1.165, 1.54) is 20.5 Å². The molecule has 14 nitrogen and oxygen atoms in total. The quantitative estimate of drug-likeness (QED) is 0.275. The Morgan fingerprint density at radius 1 is 1.02 bits per heavy atom. The van der Waals surface area contributed by atoms with Crippen LogP contribution in [0, 0.1) is 5.92 Å². The molecule has 4 aliphatic carbocycles. The summed E-state index contributed by atoms with van der Waals surface area (Å²) >= 11 is 0. The molecule has 2 bridgehead atoms. The van der Waals surface area contributed by atoms with Crippen molar-refractivity contribution >= 4 is 22.9 Å². The van der Waals surface area contributed by atoms with Gasteiger partial charge >= 0.3 is 6.09 Å². The predicted molar refractivity (Wildman–Crippen MR) is 156 cm³/mol. The molecule has 4 saturated carbocycles. The van der Waals surface area contributed by atoms with Crippen LogP contribution in [0.5, 0.6) is 0 Å². The third kappa shape index (κ3) is 4.41. The summed E-state index contributed by atoms with van der Waals surface area (Å²) in [6, 6.07) is 0. The first-order valence-electron chi connectivity index (χ1n) is 15.3. The Kier molecular flexibility index (Phi) is 6.52. The largest absolute Gasteiger partial charge is 0.444 e. The van der Waals surface area contributed by atoms with Gasteiger partial charge < -0.3 is 29.4 Å². The van der Waals surface area contributed by atoms with Gasteiger partial charge in [-0.15, -0.1) is 0 Å². The Morgan fingerprint density at radius 3 is 2.39 bits per heavy atom. The van der Waals surface area contributed by atoms with Gasteiger partial charge in [0, 0.05) is 45.6 Å². The first-order chi connectivity index (χ1) is 21.5. The number of nitrogen functional groups attached to an aromatic ring is 1. The van der Waals surface area contributed by atoms with E-state index in [0.717, 1.165) is 73.4 Å². The third-order valence-electron chi connectivity index (χ3n) is 9.83. The second-order valence-electron chi connectivity index (χ2n) is 12.5. The number of piperidine rings is 1. The summed E-state index contributed by atoms with van der Waals surface area (Å²) in [7, 11) is 3.02. The van der Waals surface area contributed by atoms with Crippen molar-refractivity contribution in [3.05, 3.63) is 30.0 Å². The molecule has 44 heavy (non-hydrogen) atoms. The van der Waals surface area contributed by atoms with E-state index in [2.05, 4.69) is 15.1 Å². The predicted octanol–water partition coefficient (Wildman–Crippen LogP) is 3.84. The number of methoxy groups -OCH3 is 2. The second-order valence-corrected chi connectivity index (χ2v) is 12.5. The minimum Gasteiger partial charge on any atom is -0.444 e. The molecule has 5 fully saturated rings. The minimum atomic E-state index is -0.577. The fourth-order valence-electron chi connectivity index (χ4n) is 7.00. The zero-order chi connectivity index (χ0) is 30.0. The first kappa shape index (κ1) is 27.4. The summed E-state index contributed by atoms with van der Waals surface area (Å²) in [5.74, 6) is 2.98. The molecule has 4 aromatic heterocycles. The van der Waals surface area contributed by atoms with Gasteiger partial charge in [0.15, 0.2) is 23.5 Å². The number of fused-ring (bicyclic) bond motifs is 1. The minimum absolute atomic E-state index is 0.00586. The molecule has 230 valence electrons. The highest BCUT2D eigenvalue weighted by Gasteiger charge is 2.59. The lowest BCUT2D eigenvalue weighted by molar-refractivity contribution is -0.130. The van der Waals surface area contributed by atoms with Gasteiger partial charge in [0.25, 0.3) is 0 Å². The molecule has 1 aliphatic heterocycles. The molecule has 14 heteroatoms. The molecule has 1 saturated heterocycles. The average molecular weight is 602 g/mol. The summed E-state index contributed by atoms with van der Waals surface area (Å²) in [6.07, 6.45) is 11.3. The van der Waals surface area contributed by atoms with Crippen LogP contribution in [0.3, 0.4) is 0 Å². The van der Waals surface area contributed by atoms with E-state index in [0.29, 0.717) is 41.5 Å². The number of carbonyl (C=O) groups is 1. The monoisotopic (exact) mass is 601 g/mol. The molecular weight excluding hydrogens is 566 g/mol. The fourth-order valence-corrected chi connectivity index (χ4v) is 7.00. The van der Waals surface area contributed by atoms with Crippen LogP contribution in [0.25, 0.3) is 33.8 Å². The van der Waals surface area contributed by atoms with Crippen molar-refractivity contribution in [1.29, 1.82) is 0 Å². The Labute approximate surface area is 253 Å². The maximum Gasteiger partial charge on any atom is 0.409 e. The van der Waals surface area contributed by atoms with Crippen LogP contribution < -0.4 is 5.73 Å². The Balaban J connectivity index is 1.05. The molecule has 1 amide bonds. The zero-order valence-electron chi connectivity index (χ0n) is 24.8. The van der Waals surface area contributed by atoms with E-state index in [9.17, 15) is 4.79 Å². The smallest absolute Gasteiger partial charge is 0.409 e. The molecule has 0 aromatic carbocycles. The van der Waals surface area contributed by atoms with Gasteiger partial charge in [0.05, 0.1) is 16.5 Å². The lowest BCUT2D eigenvalue weighted by Crippen LogP contribution is -2.59. The second kappa shape index (κ2) is 10.5. The van der Waals surface area contributed by atoms with Crippen molar-refractivity contribution in [3.8, 4) is 22.8 Å². The van der Waals surface area contributed by atoms with Gasteiger partial charge in [0.1, 0.15) is 30.1 Å². The molecule has 5 aliphatic rings. The van der Waals surface area contributed by atoms with Gasteiger partial charge in [-0.3, -0.25) is 0 Å². The van der Waals surface area contributed by atoms with Gasteiger partial charge in [-0.1, -0.05) is 5.16 Å². The summed E-state index contributed by atoms with van der Waals surface area (Å²) < 4.78 is 23.5. The number of rotatable bonds is 9. The number of ether oxygens (including phenoxy) is 3. The van der Waals surface area contributed by atoms with Gasteiger partial charge in [-0.05, 0) is 62.3 Å². The van der Waals surface area contributed by atoms with E-state index < -0.39 is 6.29 Å². The van der Waals surface area contributed by atoms with Crippen molar-refractivity contribution in [1.82, 2.24) is 39.8 Å². The molecule has 0 spiro atoms. The van der Waals surface area contributed by atoms with Crippen LogP contribution in [0.1, 0.15) is 68.1 Å². The van der Waals surface area contributed by atoms with Crippen LogP contribution in [-0.4, -0.2) is 86.1 Å². The maximum absolute atomic E-state index is 12.5. The normalized spacial score (nSPS) is 23.2. The standard InChI is InChI=1S/C30H35N9O5/c1-41-20(42-2)14-43-29(40)38-7-5-17(6-8-38)19-12-32-27(33-13-19)21-24(37-44-25(21)18-3-4-18)23-22-26(31)34-15-35-28(22)39(36-23)30-9-16(10-30)11-30/h12-13,15-18,20H,3-11,14H2,1-2H3,(H2,31,34,35). The van der Waals surface area contributed by atoms with E-state index in [4.69, 9.17) is 39.5 Å². The summed E-state index contributed by atoms with van der Waals surface area (Å²) in [5.41, 5.74) is 10.1. The number of amides is 1. The molecular formula is C30H35N9O5. The Hall–Kier alpha value is -4.17. The van der Waals surface area contributed by atoms with E-state index >= 15 is 0 Å². The van der Waals surface area contributed by atoms with Crippen LogP contribution in [0.2, 0.25) is 0 Å². The van der Waals surface area contributed by atoms with E-state index in [1.54, 1.807) is 4.90 Å². The number of anilines is 1. The highest BCUT2D eigenvalue weighted by Crippen LogP contribution is 2.63. The molecule has 0 unspecified atom stereocenters. The average Bonchev–Trinajstić information content (AvgIpc) is 3.65. The topological polar surface area (TPSA) is 169 Å². The fraction of sp³-hybridized carbons (Fsp3) is 0.567. The number of hydrogen-bond donors (Lipinski definition) is 1. The summed E-state index contributed by atoms with van der Waals surface area (Å²) in [4.78, 5) is 32.8. The van der Waals surface area contributed by atoms with Crippen molar-refractivity contribution in [3.63, 3.8) is 0 Å². The number of nitrogens with zero attached hydrogens (tertiary/aromatic N) is 8. The molecule has 4 aromatic rings. The highest BCUT2D eigenvalue weighted by atomic mass is 16.7. The Bertz CT molecular complexity index is 1690. The number of carbonyl (C=O) groups excluding carboxylic acids is 1. The first-order valence-corrected chi connectivity index (χ1v) is 15.3. The lowest BCUT2D eigenvalue weighted by Gasteiger charge is -2.61. The van der Waals surface area contributed by atoms with Gasteiger partial charge in [-0.25, -0.2) is 29.4 Å². The van der Waals surface area contributed by atoms with Crippen LogP contribution in [0.15, 0.2) is 23.2 Å². The highest BCUT2D eigenvalue weighted by molar-refractivity contribution is 6.00. The SMILES string of the molecule is COC(COC(=O)N1CCC(c2cnc(-c3c(-c4nn(C56CC(C5)C6)c5ncnc(N)c45)noc3C3CC3)nc2)CC1)OC. The van der Waals surface area contributed by atoms with Crippen molar-refractivity contribution in [2.45, 2.75) is 68.6 Å². The molecule has 5 heterocycles. The van der Waals surface area contributed by atoms with Crippen LogP contribution >= 0.6 is 0 Å². The van der Waals surface area contributed by atoms with E-state index in [-0.39, 0.29) is 30.1 Å².